The van der Waals surface area contributed by atoms with Crippen molar-refractivity contribution in [1.29, 1.82) is 0 Å². The Morgan fingerprint density at radius 3 is 2.37 bits per heavy atom. The first-order valence-electron chi connectivity index (χ1n) is 7.07. The van der Waals surface area contributed by atoms with Gasteiger partial charge in [0, 0.05) is 5.92 Å². The third-order valence-electron chi connectivity index (χ3n) is 4.54. The predicted octanol–water partition coefficient (Wildman–Crippen LogP) is 0.392. The van der Waals surface area contributed by atoms with Gasteiger partial charge in [-0.05, 0) is 43.2 Å². The summed E-state index contributed by atoms with van der Waals surface area (Å²) in [7, 11) is 0. The molecule has 2 amide bonds. The monoisotopic (exact) mass is 267 g/mol. The van der Waals surface area contributed by atoms with Crippen LogP contribution in [0.3, 0.4) is 0 Å². The molecule has 0 aromatic heterocycles. The van der Waals surface area contributed by atoms with Gasteiger partial charge in [0.05, 0.1) is 0 Å². The molecular formula is C14H25N3O2. The Bertz CT molecular complexity index is 381. The second kappa shape index (κ2) is 4.78. The largest absolute Gasteiger partial charge is 0.368 e. The Morgan fingerprint density at radius 2 is 1.89 bits per heavy atom. The van der Waals surface area contributed by atoms with E-state index in [9.17, 15) is 9.59 Å². The molecule has 2 aliphatic rings. The maximum atomic E-state index is 12.3. The fraction of sp³-hybridized carbons (Fsp3) is 0.857. The highest BCUT2D eigenvalue weighted by Gasteiger charge is 2.58. The molecule has 2 fully saturated rings. The van der Waals surface area contributed by atoms with Gasteiger partial charge in [0.1, 0.15) is 6.04 Å². The first-order valence-corrected chi connectivity index (χ1v) is 7.07. The quantitative estimate of drug-likeness (QED) is 0.691. The van der Waals surface area contributed by atoms with Crippen LogP contribution in [0.2, 0.25) is 0 Å². The van der Waals surface area contributed by atoms with Gasteiger partial charge in [0.15, 0.2) is 0 Å². The number of carbonyl (C=O) groups excluding carboxylic acids is 2. The van der Waals surface area contributed by atoms with Gasteiger partial charge in [0.25, 0.3) is 0 Å². The van der Waals surface area contributed by atoms with Crippen molar-refractivity contribution in [2.24, 2.45) is 22.5 Å². The lowest BCUT2D eigenvalue weighted by atomic mass is 9.85. The number of nitrogens with two attached hydrogens (primary N) is 1. The Hall–Kier alpha value is -1.10. The van der Waals surface area contributed by atoms with Gasteiger partial charge in [-0.2, -0.15) is 0 Å². The summed E-state index contributed by atoms with van der Waals surface area (Å²) in [5, 5.41) is 6.17. The van der Waals surface area contributed by atoms with Crippen LogP contribution in [0.15, 0.2) is 0 Å². The van der Waals surface area contributed by atoms with E-state index in [1.165, 1.54) is 0 Å². The fourth-order valence-corrected chi connectivity index (χ4v) is 3.15. The van der Waals surface area contributed by atoms with Crippen molar-refractivity contribution in [3.8, 4) is 0 Å². The predicted molar refractivity (Wildman–Crippen MR) is 73.2 cm³/mol. The van der Waals surface area contributed by atoms with Crippen LogP contribution in [0, 0.1) is 16.7 Å². The molecule has 0 radical (unpaired) electrons. The lowest BCUT2D eigenvalue weighted by molar-refractivity contribution is -0.131. The molecule has 1 aliphatic heterocycles. The number of rotatable bonds is 3. The molecule has 19 heavy (non-hydrogen) atoms. The number of carbonyl (C=O) groups is 2. The van der Waals surface area contributed by atoms with Crippen LogP contribution in [0.5, 0.6) is 0 Å². The Labute approximate surface area is 114 Å². The van der Waals surface area contributed by atoms with Gasteiger partial charge < -0.3 is 16.4 Å². The second-order valence-electron chi connectivity index (χ2n) is 7.08. The molecule has 1 aliphatic carbocycles. The summed E-state index contributed by atoms with van der Waals surface area (Å²) in [6.45, 7) is 7.71. The topological polar surface area (TPSA) is 84.2 Å². The molecule has 1 spiro atoms. The molecule has 5 heteroatoms. The maximum absolute atomic E-state index is 12.3. The third kappa shape index (κ3) is 2.91. The first-order chi connectivity index (χ1) is 8.76. The summed E-state index contributed by atoms with van der Waals surface area (Å²) in [5.41, 5.74) is 5.24. The maximum Gasteiger partial charge on any atom is 0.240 e. The summed E-state index contributed by atoms with van der Waals surface area (Å²) in [6, 6.07) is -0.598. The summed E-state index contributed by atoms with van der Waals surface area (Å²) in [5.74, 6) is -0.389. The standard InChI is InChI=1S/C14H25N3O2/c1-13(2,3)10(11(15)18)17-12(19)9-8-14(9)4-6-16-7-5-14/h9-10,16H,4-8H2,1-3H3,(H2,15,18)(H,17,19)/t9?,10-/m1/s1. The summed E-state index contributed by atoms with van der Waals surface area (Å²) >= 11 is 0. The lowest BCUT2D eigenvalue weighted by Crippen LogP contribution is -2.52. The summed E-state index contributed by atoms with van der Waals surface area (Å²) in [6.07, 6.45) is 3.07. The van der Waals surface area contributed by atoms with Gasteiger partial charge in [-0.3, -0.25) is 9.59 Å². The van der Waals surface area contributed by atoms with E-state index in [0.717, 1.165) is 32.4 Å². The normalized spacial score (nSPS) is 26.8. The molecule has 1 saturated heterocycles. The summed E-state index contributed by atoms with van der Waals surface area (Å²) in [4.78, 5) is 23.8. The summed E-state index contributed by atoms with van der Waals surface area (Å²) < 4.78 is 0. The minimum Gasteiger partial charge on any atom is -0.368 e. The van der Waals surface area contributed by atoms with Crippen LogP contribution in [-0.2, 0) is 9.59 Å². The average molecular weight is 267 g/mol. The van der Waals surface area contributed by atoms with E-state index in [1.54, 1.807) is 0 Å². The van der Waals surface area contributed by atoms with E-state index in [0.29, 0.717) is 0 Å². The Balaban J connectivity index is 1.96. The zero-order valence-corrected chi connectivity index (χ0v) is 12.1. The molecule has 0 aromatic rings. The zero-order chi connectivity index (χ0) is 14.3. The number of piperidine rings is 1. The molecule has 2 rings (SSSR count). The molecular weight excluding hydrogens is 242 g/mol. The van der Waals surface area contributed by atoms with Crippen LogP contribution in [0.1, 0.15) is 40.0 Å². The number of primary amides is 1. The Morgan fingerprint density at radius 1 is 1.32 bits per heavy atom. The van der Waals surface area contributed by atoms with Crippen molar-refractivity contribution in [2.75, 3.05) is 13.1 Å². The van der Waals surface area contributed by atoms with Crippen molar-refractivity contribution < 1.29 is 9.59 Å². The lowest BCUT2D eigenvalue weighted by Gasteiger charge is -2.29. The van der Waals surface area contributed by atoms with E-state index >= 15 is 0 Å². The van der Waals surface area contributed by atoms with E-state index < -0.39 is 11.9 Å². The van der Waals surface area contributed by atoms with Gasteiger partial charge >= 0.3 is 0 Å². The van der Waals surface area contributed by atoms with Crippen molar-refractivity contribution in [2.45, 2.75) is 46.1 Å². The van der Waals surface area contributed by atoms with Crippen molar-refractivity contribution >= 4 is 11.8 Å². The Kier molecular flexibility index (Phi) is 3.60. The molecule has 1 saturated carbocycles. The molecule has 0 aromatic carbocycles. The molecule has 4 N–H and O–H groups in total. The van der Waals surface area contributed by atoms with Gasteiger partial charge in [-0.1, -0.05) is 20.8 Å². The number of nitrogens with one attached hydrogen (secondary N) is 2. The van der Waals surface area contributed by atoms with Gasteiger partial charge in [-0.25, -0.2) is 0 Å². The molecule has 1 unspecified atom stereocenters. The van der Waals surface area contributed by atoms with Crippen molar-refractivity contribution in [3.05, 3.63) is 0 Å². The van der Waals surface area contributed by atoms with Crippen LogP contribution >= 0.6 is 0 Å². The first kappa shape index (κ1) is 14.3. The minimum atomic E-state index is -0.598. The second-order valence-corrected chi connectivity index (χ2v) is 7.08. The molecule has 5 nitrogen and oxygen atoms in total. The molecule has 1 heterocycles. The van der Waals surface area contributed by atoms with Crippen LogP contribution in [0.25, 0.3) is 0 Å². The van der Waals surface area contributed by atoms with Gasteiger partial charge in [-0.15, -0.1) is 0 Å². The smallest absolute Gasteiger partial charge is 0.240 e. The SMILES string of the molecule is CC(C)(C)[C@H](NC(=O)C1CC12CCNCC2)C(N)=O. The third-order valence-corrected chi connectivity index (χ3v) is 4.54. The zero-order valence-electron chi connectivity index (χ0n) is 12.1. The van der Waals surface area contributed by atoms with E-state index in [1.807, 2.05) is 20.8 Å². The number of hydrogen-bond acceptors (Lipinski definition) is 3. The average Bonchev–Trinajstić information content (AvgIpc) is 2.98. The molecule has 0 bridgehead atoms. The van der Waals surface area contributed by atoms with Gasteiger partial charge in [0.2, 0.25) is 11.8 Å². The van der Waals surface area contributed by atoms with Crippen LogP contribution in [0.4, 0.5) is 0 Å². The van der Waals surface area contributed by atoms with Crippen molar-refractivity contribution in [1.82, 2.24) is 10.6 Å². The van der Waals surface area contributed by atoms with Crippen LogP contribution < -0.4 is 16.4 Å². The van der Waals surface area contributed by atoms with Crippen molar-refractivity contribution in [3.63, 3.8) is 0 Å². The molecule has 2 atom stereocenters. The van der Waals surface area contributed by atoms with Crippen LogP contribution in [-0.4, -0.2) is 30.9 Å². The fourth-order valence-electron chi connectivity index (χ4n) is 3.15. The molecule has 108 valence electrons. The highest BCUT2D eigenvalue weighted by atomic mass is 16.2. The van der Waals surface area contributed by atoms with E-state index in [2.05, 4.69) is 10.6 Å². The highest BCUT2D eigenvalue weighted by Crippen LogP contribution is 2.58. The highest BCUT2D eigenvalue weighted by molar-refractivity contribution is 5.89. The van der Waals surface area contributed by atoms with E-state index in [-0.39, 0.29) is 22.7 Å². The number of hydrogen-bond donors (Lipinski definition) is 3. The minimum absolute atomic E-state index is 0.000579. The van der Waals surface area contributed by atoms with E-state index in [4.69, 9.17) is 5.73 Å². The number of amides is 2.